The van der Waals surface area contributed by atoms with Crippen LogP contribution in [0.3, 0.4) is 0 Å². The van der Waals surface area contributed by atoms with Gasteiger partial charge in [0.2, 0.25) is 0 Å². The second-order valence-electron chi connectivity index (χ2n) is 11.8. The lowest BCUT2D eigenvalue weighted by molar-refractivity contribution is 1.29. The van der Waals surface area contributed by atoms with E-state index < -0.39 is 0 Å². The minimum absolute atomic E-state index is 1.13. The van der Waals surface area contributed by atoms with Gasteiger partial charge in [-0.1, -0.05) is 133 Å². The SMILES string of the molecule is c1ccc(N(c2ccc(-c3cc4ccccc4c4ccccc34)cc2)c2ccc3c(ccc4c5ccccc5ccc34)c2)cc1. The van der Waals surface area contributed by atoms with Crippen molar-refractivity contribution >= 4 is 70.9 Å². The summed E-state index contributed by atoms with van der Waals surface area (Å²) in [5.41, 5.74) is 5.87. The molecule has 1 heteroatoms. The van der Waals surface area contributed by atoms with Crippen molar-refractivity contribution in [3.8, 4) is 11.1 Å². The van der Waals surface area contributed by atoms with Crippen molar-refractivity contribution in [3.63, 3.8) is 0 Å². The molecule has 0 amide bonds. The number of benzene rings is 9. The highest BCUT2D eigenvalue weighted by Gasteiger charge is 2.15. The molecule has 0 saturated carbocycles. The van der Waals surface area contributed by atoms with E-state index in [1.165, 1.54) is 65.0 Å². The number of nitrogens with zero attached hydrogens (tertiary/aromatic N) is 1. The Labute approximate surface area is 262 Å². The highest BCUT2D eigenvalue weighted by Crippen LogP contribution is 2.40. The van der Waals surface area contributed by atoms with E-state index in [0.717, 1.165) is 17.1 Å². The average molecular weight is 572 g/mol. The molecule has 0 N–H and O–H groups in total. The Morgan fingerprint density at radius 3 is 1.49 bits per heavy atom. The van der Waals surface area contributed by atoms with Gasteiger partial charge in [0, 0.05) is 17.1 Å². The van der Waals surface area contributed by atoms with Gasteiger partial charge in [0.05, 0.1) is 0 Å². The van der Waals surface area contributed by atoms with Crippen LogP contribution in [0.1, 0.15) is 0 Å². The fourth-order valence-electron chi connectivity index (χ4n) is 7.06. The second kappa shape index (κ2) is 10.4. The number of para-hydroxylation sites is 1. The van der Waals surface area contributed by atoms with Crippen molar-refractivity contribution in [3.05, 3.63) is 176 Å². The summed E-state index contributed by atoms with van der Waals surface area (Å²) < 4.78 is 0. The largest absolute Gasteiger partial charge is 0.310 e. The molecule has 0 aliphatic carbocycles. The average Bonchev–Trinajstić information content (AvgIpc) is 3.12. The van der Waals surface area contributed by atoms with Crippen molar-refractivity contribution in [1.29, 1.82) is 0 Å². The van der Waals surface area contributed by atoms with E-state index in [1.807, 2.05) is 0 Å². The van der Waals surface area contributed by atoms with Crippen molar-refractivity contribution in [2.75, 3.05) is 4.90 Å². The van der Waals surface area contributed by atoms with E-state index >= 15 is 0 Å². The molecule has 0 heterocycles. The first-order valence-corrected chi connectivity index (χ1v) is 15.5. The first kappa shape index (κ1) is 25.6. The van der Waals surface area contributed by atoms with Crippen LogP contribution >= 0.6 is 0 Å². The summed E-state index contributed by atoms with van der Waals surface area (Å²) in [5, 5.41) is 12.8. The number of hydrogen-bond acceptors (Lipinski definition) is 1. The predicted octanol–water partition coefficient (Wildman–Crippen LogP) is 12.6. The summed E-state index contributed by atoms with van der Waals surface area (Å²) in [5.74, 6) is 0. The van der Waals surface area contributed by atoms with Gasteiger partial charge < -0.3 is 4.90 Å². The Hall–Kier alpha value is -5.92. The lowest BCUT2D eigenvalue weighted by Gasteiger charge is -2.26. The van der Waals surface area contributed by atoms with Crippen LogP contribution in [0.5, 0.6) is 0 Å². The molecule has 45 heavy (non-hydrogen) atoms. The summed E-state index contributed by atoms with van der Waals surface area (Å²) in [6.07, 6.45) is 0. The standard InChI is InChI=1S/C44H29N/c1-2-12-34(13-3-1)45(36-24-27-39-33(28-36)21-26-42-37-14-6-4-10-30(37)20-25-43(39)42)35-22-18-31(19-23-35)44-29-32-11-5-7-15-38(32)40-16-8-9-17-41(40)44/h1-29H. The van der Waals surface area contributed by atoms with Crippen molar-refractivity contribution in [1.82, 2.24) is 0 Å². The van der Waals surface area contributed by atoms with Crippen LogP contribution in [-0.4, -0.2) is 0 Å². The van der Waals surface area contributed by atoms with Gasteiger partial charge in [-0.2, -0.15) is 0 Å². The zero-order valence-electron chi connectivity index (χ0n) is 24.7. The van der Waals surface area contributed by atoms with Gasteiger partial charge in [-0.25, -0.2) is 0 Å². The molecular formula is C44H29N. The molecule has 1 nitrogen and oxygen atoms in total. The van der Waals surface area contributed by atoms with Gasteiger partial charge in [-0.3, -0.25) is 0 Å². The maximum Gasteiger partial charge on any atom is 0.0468 e. The summed E-state index contributed by atoms with van der Waals surface area (Å²) in [7, 11) is 0. The van der Waals surface area contributed by atoms with E-state index in [2.05, 4.69) is 181 Å². The first-order chi connectivity index (χ1) is 22.3. The maximum absolute atomic E-state index is 2.35. The second-order valence-corrected chi connectivity index (χ2v) is 11.8. The highest BCUT2D eigenvalue weighted by molar-refractivity contribution is 6.18. The Morgan fingerprint density at radius 1 is 0.267 bits per heavy atom. The molecule has 9 aromatic carbocycles. The van der Waals surface area contributed by atoms with Crippen LogP contribution in [0.2, 0.25) is 0 Å². The maximum atomic E-state index is 2.35. The lowest BCUT2D eigenvalue weighted by Crippen LogP contribution is -2.09. The van der Waals surface area contributed by atoms with E-state index in [-0.39, 0.29) is 0 Å². The molecule has 0 aliphatic heterocycles. The molecule has 0 aromatic heterocycles. The van der Waals surface area contributed by atoms with E-state index in [1.54, 1.807) is 0 Å². The van der Waals surface area contributed by atoms with Crippen LogP contribution in [-0.2, 0) is 0 Å². The molecule has 0 fully saturated rings. The smallest absolute Gasteiger partial charge is 0.0468 e. The van der Waals surface area contributed by atoms with Gasteiger partial charge >= 0.3 is 0 Å². The zero-order chi connectivity index (χ0) is 29.7. The minimum Gasteiger partial charge on any atom is -0.310 e. The van der Waals surface area contributed by atoms with Crippen LogP contribution in [0.25, 0.3) is 65.0 Å². The molecular weight excluding hydrogens is 542 g/mol. The topological polar surface area (TPSA) is 3.24 Å². The number of anilines is 3. The third-order valence-corrected chi connectivity index (χ3v) is 9.20. The first-order valence-electron chi connectivity index (χ1n) is 15.5. The molecule has 210 valence electrons. The molecule has 0 saturated heterocycles. The van der Waals surface area contributed by atoms with Crippen molar-refractivity contribution in [2.45, 2.75) is 0 Å². The molecule has 0 atom stereocenters. The fraction of sp³-hybridized carbons (Fsp3) is 0. The summed E-state index contributed by atoms with van der Waals surface area (Å²) in [6.45, 7) is 0. The Balaban J connectivity index is 1.17. The van der Waals surface area contributed by atoms with E-state index in [4.69, 9.17) is 0 Å². The Bertz CT molecular complexity index is 2530. The van der Waals surface area contributed by atoms with Crippen LogP contribution in [0.15, 0.2) is 176 Å². The predicted molar refractivity (Wildman–Crippen MR) is 194 cm³/mol. The van der Waals surface area contributed by atoms with Gasteiger partial charge in [0.1, 0.15) is 0 Å². The molecule has 9 aromatic rings. The number of hydrogen-bond donors (Lipinski definition) is 0. The third-order valence-electron chi connectivity index (χ3n) is 9.20. The molecule has 9 rings (SSSR count). The van der Waals surface area contributed by atoms with Crippen molar-refractivity contribution < 1.29 is 0 Å². The molecule has 0 unspecified atom stereocenters. The number of fused-ring (bicyclic) bond motifs is 8. The summed E-state index contributed by atoms with van der Waals surface area (Å²) in [6, 6.07) is 64.0. The zero-order valence-corrected chi connectivity index (χ0v) is 24.7. The molecule has 0 radical (unpaired) electrons. The fourth-order valence-corrected chi connectivity index (χ4v) is 7.06. The quantitative estimate of drug-likeness (QED) is 0.190. The lowest BCUT2D eigenvalue weighted by atomic mass is 9.93. The van der Waals surface area contributed by atoms with Gasteiger partial charge in [-0.05, 0) is 107 Å². The van der Waals surface area contributed by atoms with Gasteiger partial charge in [0.25, 0.3) is 0 Å². The number of rotatable bonds is 4. The van der Waals surface area contributed by atoms with E-state index in [0.29, 0.717) is 0 Å². The normalized spacial score (nSPS) is 11.6. The van der Waals surface area contributed by atoms with E-state index in [9.17, 15) is 0 Å². The van der Waals surface area contributed by atoms with Gasteiger partial charge in [0.15, 0.2) is 0 Å². The molecule has 0 bridgehead atoms. The van der Waals surface area contributed by atoms with Crippen LogP contribution < -0.4 is 4.90 Å². The van der Waals surface area contributed by atoms with Crippen molar-refractivity contribution in [2.24, 2.45) is 0 Å². The Kier molecular flexibility index (Phi) is 5.89. The minimum atomic E-state index is 1.13. The third kappa shape index (κ3) is 4.24. The van der Waals surface area contributed by atoms with Crippen LogP contribution in [0, 0.1) is 0 Å². The summed E-state index contributed by atoms with van der Waals surface area (Å²) in [4.78, 5) is 2.35. The Morgan fingerprint density at radius 2 is 0.733 bits per heavy atom. The van der Waals surface area contributed by atoms with Gasteiger partial charge in [-0.15, -0.1) is 0 Å². The summed E-state index contributed by atoms with van der Waals surface area (Å²) >= 11 is 0. The highest BCUT2D eigenvalue weighted by atomic mass is 15.1. The molecule has 0 spiro atoms. The molecule has 0 aliphatic rings. The van der Waals surface area contributed by atoms with Crippen LogP contribution in [0.4, 0.5) is 17.1 Å². The monoisotopic (exact) mass is 571 g/mol.